The fourth-order valence-corrected chi connectivity index (χ4v) is 2.64. The summed E-state index contributed by atoms with van der Waals surface area (Å²) in [5, 5.41) is 13.3. The first-order chi connectivity index (χ1) is 9.78. The third-order valence-corrected chi connectivity index (χ3v) is 3.78. The van der Waals surface area contributed by atoms with Crippen molar-refractivity contribution in [1.82, 2.24) is 19.3 Å². The average Bonchev–Trinajstić information content (AvgIpc) is 3.10. The van der Waals surface area contributed by atoms with Crippen LogP contribution in [0.15, 0.2) is 30.5 Å². The van der Waals surface area contributed by atoms with Crippen LogP contribution in [0.4, 0.5) is 0 Å². The Balaban J connectivity index is 2.03. The van der Waals surface area contributed by atoms with Crippen LogP contribution in [0.3, 0.4) is 0 Å². The van der Waals surface area contributed by atoms with E-state index in [-0.39, 0.29) is 0 Å². The molecular formula is C15H13N5. The van der Waals surface area contributed by atoms with Crippen LogP contribution < -0.4 is 0 Å². The molecule has 0 atom stereocenters. The van der Waals surface area contributed by atoms with Gasteiger partial charge in [-0.15, -0.1) is 0 Å². The Labute approximate surface area is 116 Å². The van der Waals surface area contributed by atoms with Crippen LogP contribution >= 0.6 is 0 Å². The lowest BCUT2D eigenvalue weighted by atomic mass is 10.2. The number of nitrogens with zero attached hydrogens (tertiary/aromatic N) is 5. The SMILES string of the molecule is Cn1nccc1-c1nc2cc(C#N)ccc2n1C1CC1. The number of benzene rings is 1. The van der Waals surface area contributed by atoms with Crippen molar-refractivity contribution in [1.29, 1.82) is 5.26 Å². The third kappa shape index (κ3) is 1.55. The lowest BCUT2D eigenvalue weighted by Crippen LogP contribution is -2.01. The maximum Gasteiger partial charge on any atom is 0.159 e. The van der Waals surface area contributed by atoms with Gasteiger partial charge in [0.05, 0.1) is 22.7 Å². The summed E-state index contributed by atoms with van der Waals surface area (Å²) in [6.45, 7) is 0. The van der Waals surface area contributed by atoms with Gasteiger partial charge in [-0.2, -0.15) is 10.4 Å². The maximum absolute atomic E-state index is 9.02. The summed E-state index contributed by atoms with van der Waals surface area (Å²) in [7, 11) is 1.92. The number of aromatic nitrogens is 4. The third-order valence-electron chi connectivity index (χ3n) is 3.78. The summed E-state index contributed by atoms with van der Waals surface area (Å²) in [5.74, 6) is 0.942. The lowest BCUT2D eigenvalue weighted by Gasteiger charge is -2.07. The molecule has 4 rings (SSSR count). The average molecular weight is 263 g/mol. The number of hydrogen-bond acceptors (Lipinski definition) is 3. The van der Waals surface area contributed by atoms with Gasteiger partial charge in [-0.05, 0) is 37.1 Å². The lowest BCUT2D eigenvalue weighted by molar-refractivity contribution is 0.735. The molecule has 2 heterocycles. The first kappa shape index (κ1) is 11.2. The number of imidazole rings is 1. The molecule has 1 aliphatic carbocycles. The fraction of sp³-hybridized carbons (Fsp3) is 0.267. The monoisotopic (exact) mass is 263 g/mol. The number of hydrogen-bond donors (Lipinski definition) is 0. The van der Waals surface area contributed by atoms with Crippen LogP contribution in [0.5, 0.6) is 0 Å². The van der Waals surface area contributed by atoms with Gasteiger partial charge in [0.15, 0.2) is 5.82 Å². The van der Waals surface area contributed by atoms with E-state index in [1.54, 1.807) is 6.20 Å². The van der Waals surface area contributed by atoms with Crippen molar-refractivity contribution < 1.29 is 0 Å². The Morgan fingerprint density at radius 1 is 1.30 bits per heavy atom. The molecule has 3 aromatic rings. The zero-order chi connectivity index (χ0) is 13.7. The van der Waals surface area contributed by atoms with Crippen molar-refractivity contribution in [3.8, 4) is 17.6 Å². The highest BCUT2D eigenvalue weighted by atomic mass is 15.3. The van der Waals surface area contributed by atoms with Gasteiger partial charge in [-0.3, -0.25) is 4.68 Å². The minimum absolute atomic E-state index is 0.526. The Morgan fingerprint density at radius 3 is 2.80 bits per heavy atom. The van der Waals surface area contributed by atoms with E-state index in [1.807, 2.05) is 36.0 Å². The molecule has 0 bridgehead atoms. The number of rotatable bonds is 2. The second kappa shape index (κ2) is 3.94. The predicted octanol–water partition coefficient (Wildman–Crippen LogP) is 2.64. The molecule has 1 aromatic carbocycles. The van der Waals surface area contributed by atoms with Gasteiger partial charge in [0.1, 0.15) is 5.69 Å². The fourth-order valence-electron chi connectivity index (χ4n) is 2.64. The van der Waals surface area contributed by atoms with Crippen LogP contribution in [-0.4, -0.2) is 19.3 Å². The molecule has 0 saturated heterocycles. The van der Waals surface area contributed by atoms with E-state index >= 15 is 0 Å². The summed E-state index contributed by atoms with van der Waals surface area (Å²) >= 11 is 0. The Hall–Kier alpha value is -2.61. The van der Waals surface area contributed by atoms with Crippen molar-refractivity contribution in [2.45, 2.75) is 18.9 Å². The molecule has 0 radical (unpaired) electrons. The molecule has 2 aromatic heterocycles. The van der Waals surface area contributed by atoms with Gasteiger partial charge in [-0.25, -0.2) is 4.98 Å². The van der Waals surface area contributed by atoms with Crippen LogP contribution in [0.1, 0.15) is 24.4 Å². The number of nitriles is 1. The van der Waals surface area contributed by atoms with Crippen molar-refractivity contribution in [3.05, 3.63) is 36.0 Å². The van der Waals surface area contributed by atoms with Gasteiger partial charge in [0.25, 0.3) is 0 Å². The first-order valence-corrected chi connectivity index (χ1v) is 6.68. The molecule has 1 saturated carbocycles. The summed E-state index contributed by atoms with van der Waals surface area (Å²) in [6.07, 6.45) is 4.17. The minimum Gasteiger partial charge on any atom is -0.320 e. The summed E-state index contributed by atoms with van der Waals surface area (Å²) < 4.78 is 4.12. The van der Waals surface area contributed by atoms with Crippen molar-refractivity contribution in [2.75, 3.05) is 0 Å². The standard InChI is InChI=1S/C15H13N5/c1-19-14(6-7-17-19)15-18-12-8-10(9-16)2-5-13(12)20(15)11-3-4-11/h2,5-8,11H,3-4H2,1H3. The smallest absolute Gasteiger partial charge is 0.159 e. The molecule has 0 N–H and O–H groups in total. The second-order valence-electron chi connectivity index (χ2n) is 5.19. The van der Waals surface area contributed by atoms with Gasteiger partial charge in [0.2, 0.25) is 0 Å². The maximum atomic E-state index is 9.02. The first-order valence-electron chi connectivity index (χ1n) is 6.68. The molecule has 5 nitrogen and oxygen atoms in total. The van der Waals surface area contributed by atoms with E-state index < -0.39 is 0 Å². The molecule has 1 fully saturated rings. The topological polar surface area (TPSA) is 59.4 Å². The normalized spacial score (nSPS) is 14.6. The molecular weight excluding hydrogens is 250 g/mol. The van der Waals surface area contributed by atoms with Crippen molar-refractivity contribution >= 4 is 11.0 Å². The molecule has 1 aliphatic rings. The summed E-state index contributed by atoms with van der Waals surface area (Å²) in [4.78, 5) is 4.74. The van der Waals surface area contributed by atoms with E-state index in [0.29, 0.717) is 11.6 Å². The van der Waals surface area contributed by atoms with Gasteiger partial charge >= 0.3 is 0 Å². The highest BCUT2D eigenvalue weighted by molar-refractivity contribution is 5.81. The zero-order valence-electron chi connectivity index (χ0n) is 11.1. The summed E-state index contributed by atoms with van der Waals surface area (Å²) in [6, 6.07) is 10.4. The van der Waals surface area contributed by atoms with E-state index in [1.165, 1.54) is 12.8 Å². The van der Waals surface area contributed by atoms with Gasteiger partial charge in [-0.1, -0.05) is 0 Å². The van der Waals surface area contributed by atoms with Gasteiger partial charge < -0.3 is 4.57 Å². The Kier molecular flexibility index (Phi) is 2.21. The van der Waals surface area contributed by atoms with E-state index in [4.69, 9.17) is 10.2 Å². The molecule has 20 heavy (non-hydrogen) atoms. The van der Waals surface area contributed by atoms with Crippen molar-refractivity contribution in [2.24, 2.45) is 7.05 Å². The van der Waals surface area contributed by atoms with Crippen LogP contribution in [0.25, 0.3) is 22.6 Å². The Morgan fingerprint density at radius 2 is 2.15 bits per heavy atom. The van der Waals surface area contributed by atoms with E-state index in [9.17, 15) is 0 Å². The highest BCUT2D eigenvalue weighted by Crippen LogP contribution is 2.41. The molecule has 0 spiro atoms. The van der Waals surface area contributed by atoms with Crippen LogP contribution in [0.2, 0.25) is 0 Å². The molecule has 98 valence electrons. The molecule has 0 amide bonds. The highest BCUT2D eigenvalue weighted by Gasteiger charge is 2.29. The van der Waals surface area contributed by atoms with Crippen LogP contribution in [-0.2, 0) is 7.05 Å². The number of fused-ring (bicyclic) bond motifs is 1. The molecule has 5 heteroatoms. The Bertz CT molecular complexity index is 845. The predicted molar refractivity (Wildman–Crippen MR) is 74.9 cm³/mol. The summed E-state index contributed by atoms with van der Waals surface area (Å²) in [5.41, 5.74) is 3.64. The quantitative estimate of drug-likeness (QED) is 0.714. The van der Waals surface area contributed by atoms with Crippen LogP contribution in [0, 0.1) is 11.3 Å². The van der Waals surface area contributed by atoms with E-state index in [0.717, 1.165) is 22.6 Å². The largest absolute Gasteiger partial charge is 0.320 e. The number of aryl methyl sites for hydroxylation is 1. The van der Waals surface area contributed by atoms with E-state index in [2.05, 4.69) is 15.7 Å². The van der Waals surface area contributed by atoms with Gasteiger partial charge in [0, 0.05) is 19.3 Å². The molecule has 0 unspecified atom stereocenters. The molecule has 0 aliphatic heterocycles. The van der Waals surface area contributed by atoms with Crippen molar-refractivity contribution in [3.63, 3.8) is 0 Å². The zero-order valence-corrected chi connectivity index (χ0v) is 11.1. The minimum atomic E-state index is 0.526. The second-order valence-corrected chi connectivity index (χ2v) is 5.19.